The minimum absolute atomic E-state index is 0.116. The first-order chi connectivity index (χ1) is 9.28. The number of carbonyl (C=O) groups is 1. The maximum Gasteiger partial charge on any atom is 0.234 e. The summed E-state index contributed by atoms with van der Waals surface area (Å²) in [6.07, 6.45) is 1.77. The Morgan fingerprint density at radius 1 is 1.42 bits per heavy atom. The van der Waals surface area contributed by atoms with Gasteiger partial charge in [-0.25, -0.2) is 4.98 Å². The fourth-order valence-electron chi connectivity index (χ4n) is 1.39. The lowest BCUT2D eigenvalue weighted by Crippen LogP contribution is -2.14. The van der Waals surface area contributed by atoms with Gasteiger partial charge in [-0.05, 0) is 17.7 Å². The van der Waals surface area contributed by atoms with E-state index in [0.29, 0.717) is 17.3 Å². The molecular weight excluding hydrogens is 262 g/mol. The molecule has 1 heterocycles. The molecular formula is C12H11N5OS. The summed E-state index contributed by atoms with van der Waals surface area (Å²) in [6.45, 7) is 0. The number of anilines is 1. The molecule has 6 nitrogen and oxygen atoms in total. The fraction of sp³-hybridized carbons (Fsp3) is 0.167. The van der Waals surface area contributed by atoms with Gasteiger partial charge in [0.05, 0.1) is 18.2 Å². The van der Waals surface area contributed by atoms with Gasteiger partial charge in [0.1, 0.15) is 6.33 Å². The SMILES string of the molecule is N#CCc1ccc(NC(=O)CSc2ncn[nH]2)cc1. The highest BCUT2D eigenvalue weighted by Crippen LogP contribution is 2.13. The molecule has 1 amide bonds. The minimum Gasteiger partial charge on any atom is -0.325 e. The second-order valence-electron chi connectivity index (χ2n) is 3.66. The third kappa shape index (κ3) is 4.12. The Morgan fingerprint density at radius 2 is 2.21 bits per heavy atom. The number of hydrogen-bond donors (Lipinski definition) is 2. The number of carbonyl (C=O) groups excluding carboxylic acids is 1. The summed E-state index contributed by atoms with van der Waals surface area (Å²) in [4.78, 5) is 15.6. The minimum atomic E-state index is -0.116. The number of nitrogens with one attached hydrogen (secondary N) is 2. The number of rotatable bonds is 5. The molecule has 1 aromatic heterocycles. The van der Waals surface area contributed by atoms with Gasteiger partial charge in [0.25, 0.3) is 0 Å². The lowest BCUT2D eigenvalue weighted by molar-refractivity contribution is -0.113. The smallest absolute Gasteiger partial charge is 0.234 e. The summed E-state index contributed by atoms with van der Waals surface area (Å²) in [5.41, 5.74) is 1.64. The number of aromatic nitrogens is 3. The molecule has 2 aromatic rings. The molecule has 1 aromatic carbocycles. The van der Waals surface area contributed by atoms with Crippen LogP contribution in [0.4, 0.5) is 5.69 Å². The number of nitrogens with zero attached hydrogens (tertiary/aromatic N) is 3. The summed E-state index contributed by atoms with van der Waals surface area (Å²) < 4.78 is 0. The second kappa shape index (κ2) is 6.56. The van der Waals surface area contributed by atoms with Crippen LogP contribution < -0.4 is 5.32 Å². The van der Waals surface area contributed by atoms with Crippen LogP contribution in [0, 0.1) is 11.3 Å². The molecule has 0 saturated heterocycles. The van der Waals surface area contributed by atoms with E-state index >= 15 is 0 Å². The molecule has 0 aliphatic heterocycles. The van der Waals surface area contributed by atoms with E-state index in [-0.39, 0.29) is 11.7 Å². The van der Waals surface area contributed by atoms with Crippen LogP contribution in [-0.2, 0) is 11.2 Å². The molecule has 19 heavy (non-hydrogen) atoms. The maximum absolute atomic E-state index is 11.7. The standard InChI is InChI=1S/C12H11N5OS/c13-6-5-9-1-3-10(4-2-9)16-11(18)7-19-12-14-8-15-17-12/h1-4,8H,5,7H2,(H,16,18)(H,14,15,17). The third-order valence-electron chi connectivity index (χ3n) is 2.25. The van der Waals surface area contributed by atoms with Gasteiger partial charge in [0, 0.05) is 5.69 Å². The predicted octanol–water partition coefficient (Wildman–Crippen LogP) is 1.60. The first kappa shape index (κ1) is 13.1. The zero-order chi connectivity index (χ0) is 13.5. The molecule has 0 atom stereocenters. The van der Waals surface area contributed by atoms with Crippen LogP contribution >= 0.6 is 11.8 Å². The third-order valence-corrected chi connectivity index (χ3v) is 3.13. The summed E-state index contributed by atoms with van der Waals surface area (Å²) in [6, 6.07) is 9.28. The van der Waals surface area contributed by atoms with Crippen molar-refractivity contribution in [1.29, 1.82) is 5.26 Å². The van der Waals surface area contributed by atoms with E-state index in [4.69, 9.17) is 5.26 Å². The van der Waals surface area contributed by atoms with E-state index < -0.39 is 0 Å². The Labute approximate surface area is 114 Å². The molecule has 0 aliphatic rings. The van der Waals surface area contributed by atoms with Crippen LogP contribution in [0.3, 0.4) is 0 Å². The predicted molar refractivity (Wildman–Crippen MR) is 71.5 cm³/mol. The van der Waals surface area contributed by atoms with Crippen LogP contribution in [0.1, 0.15) is 5.56 Å². The quantitative estimate of drug-likeness (QED) is 0.807. The number of hydrogen-bond acceptors (Lipinski definition) is 5. The maximum atomic E-state index is 11.7. The van der Waals surface area contributed by atoms with Gasteiger partial charge in [-0.3, -0.25) is 9.89 Å². The molecule has 2 N–H and O–H groups in total. The molecule has 0 aliphatic carbocycles. The fourth-order valence-corrected chi connectivity index (χ4v) is 1.97. The molecule has 0 spiro atoms. The van der Waals surface area contributed by atoms with Crippen molar-refractivity contribution in [1.82, 2.24) is 15.2 Å². The lowest BCUT2D eigenvalue weighted by Gasteiger charge is -2.04. The normalized spacial score (nSPS) is 9.84. The van der Waals surface area contributed by atoms with Crippen molar-refractivity contribution in [2.24, 2.45) is 0 Å². The largest absolute Gasteiger partial charge is 0.325 e. The van der Waals surface area contributed by atoms with E-state index in [9.17, 15) is 4.79 Å². The van der Waals surface area contributed by atoms with Crippen molar-refractivity contribution in [3.05, 3.63) is 36.2 Å². The first-order valence-electron chi connectivity index (χ1n) is 5.52. The number of thioether (sulfide) groups is 1. The van der Waals surface area contributed by atoms with Crippen LogP contribution in [0.25, 0.3) is 0 Å². The molecule has 2 rings (SSSR count). The number of amides is 1. The number of H-pyrrole nitrogens is 1. The van der Waals surface area contributed by atoms with Gasteiger partial charge in [-0.15, -0.1) is 0 Å². The van der Waals surface area contributed by atoms with Gasteiger partial charge >= 0.3 is 0 Å². The van der Waals surface area contributed by atoms with Crippen molar-refractivity contribution in [3.63, 3.8) is 0 Å². The second-order valence-corrected chi connectivity index (χ2v) is 4.62. The molecule has 96 valence electrons. The van der Waals surface area contributed by atoms with Crippen molar-refractivity contribution in [2.75, 3.05) is 11.1 Å². The summed E-state index contributed by atoms with van der Waals surface area (Å²) in [5, 5.41) is 18.3. The van der Waals surface area contributed by atoms with E-state index in [0.717, 1.165) is 5.56 Å². The van der Waals surface area contributed by atoms with Gasteiger partial charge in [0.2, 0.25) is 5.91 Å². The van der Waals surface area contributed by atoms with Gasteiger partial charge in [-0.2, -0.15) is 10.4 Å². The molecule has 0 saturated carbocycles. The lowest BCUT2D eigenvalue weighted by atomic mass is 10.1. The Balaban J connectivity index is 1.83. The highest BCUT2D eigenvalue weighted by molar-refractivity contribution is 7.99. The Morgan fingerprint density at radius 3 is 2.84 bits per heavy atom. The van der Waals surface area contributed by atoms with Crippen molar-refractivity contribution >= 4 is 23.4 Å². The average Bonchev–Trinajstić information content (AvgIpc) is 2.92. The van der Waals surface area contributed by atoms with Crippen LogP contribution in [0.15, 0.2) is 35.7 Å². The Hall–Kier alpha value is -2.33. The molecule has 0 radical (unpaired) electrons. The van der Waals surface area contributed by atoms with E-state index in [1.54, 1.807) is 12.1 Å². The van der Waals surface area contributed by atoms with Gasteiger partial charge in [-0.1, -0.05) is 23.9 Å². The average molecular weight is 273 g/mol. The molecule has 0 fully saturated rings. The van der Waals surface area contributed by atoms with Crippen LogP contribution in [0.2, 0.25) is 0 Å². The molecule has 7 heteroatoms. The van der Waals surface area contributed by atoms with Crippen molar-refractivity contribution in [2.45, 2.75) is 11.6 Å². The topological polar surface area (TPSA) is 94.5 Å². The Bertz CT molecular complexity index is 573. The number of aromatic amines is 1. The van der Waals surface area contributed by atoms with Crippen molar-refractivity contribution in [3.8, 4) is 6.07 Å². The van der Waals surface area contributed by atoms with Crippen LogP contribution in [-0.4, -0.2) is 26.8 Å². The highest BCUT2D eigenvalue weighted by Gasteiger charge is 2.05. The van der Waals surface area contributed by atoms with E-state index in [1.165, 1.54) is 18.1 Å². The summed E-state index contributed by atoms with van der Waals surface area (Å²) >= 11 is 1.28. The van der Waals surface area contributed by atoms with Crippen LogP contribution in [0.5, 0.6) is 0 Å². The summed E-state index contributed by atoms with van der Waals surface area (Å²) in [7, 11) is 0. The number of nitriles is 1. The number of benzene rings is 1. The zero-order valence-electron chi connectivity index (χ0n) is 9.96. The van der Waals surface area contributed by atoms with E-state index in [1.807, 2.05) is 12.1 Å². The Kier molecular flexibility index (Phi) is 4.53. The van der Waals surface area contributed by atoms with Gasteiger partial charge in [0.15, 0.2) is 5.16 Å². The monoisotopic (exact) mass is 273 g/mol. The zero-order valence-corrected chi connectivity index (χ0v) is 10.8. The van der Waals surface area contributed by atoms with E-state index in [2.05, 4.69) is 26.6 Å². The van der Waals surface area contributed by atoms with Crippen molar-refractivity contribution < 1.29 is 4.79 Å². The summed E-state index contributed by atoms with van der Waals surface area (Å²) in [5.74, 6) is 0.143. The highest BCUT2D eigenvalue weighted by atomic mass is 32.2. The first-order valence-corrected chi connectivity index (χ1v) is 6.50. The van der Waals surface area contributed by atoms with Gasteiger partial charge < -0.3 is 5.32 Å². The molecule has 0 bridgehead atoms. The molecule has 0 unspecified atom stereocenters.